The van der Waals surface area contributed by atoms with Gasteiger partial charge in [0.2, 0.25) is 0 Å². The smallest absolute Gasteiger partial charge is 0.287 e. The Morgan fingerprint density at radius 3 is 2.83 bits per heavy atom. The molecule has 0 spiro atoms. The molecule has 0 unspecified atom stereocenters. The molecule has 3 aromatic rings. The minimum atomic E-state index is -0.427. The third kappa shape index (κ3) is 3.75. The Labute approximate surface area is 167 Å². The topological polar surface area (TPSA) is 113 Å². The van der Waals surface area contributed by atoms with Crippen molar-refractivity contribution in [2.45, 2.75) is 32.4 Å². The van der Waals surface area contributed by atoms with Crippen molar-refractivity contribution in [1.29, 1.82) is 5.26 Å². The van der Waals surface area contributed by atoms with Crippen molar-refractivity contribution in [2.75, 3.05) is 5.32 Å². The van der Waals surface area contributed by atoms with Crippen LogP contribution in [0.15, 0.2) is 47.1 Å². The van der Waals surface area contributed by atoms with Crippen LogP contribution in [0.3, 0.4) is 0 Å². The summed E-state index contributed by atoms with van der Waals surface area (Å²) in [5.74, 6) is 0.0595. The number of hydrogen-bond donors (Lipinski definition) is 2. The van der Waals surface area contributed by atoms with Crippen LogP contribution >= 0.6 is 0 Å². The summed E-state index contributed by atoms with van der Waals surface area (Å²) >= 11 is 0. The Morgan fingerprint density at radius 2 is 2.03 bits per heavy atom. The summed E-state index contributed by atoms with van der Waals surface area (Å²) in [7, 11) is 0. The molecule has 29 heavy (non-hydrogen) atoms. The average molecular weight is 389 g/mol. The molecule has 1 aliphatic heterocycles. The molecule has 0 aliphatic carbocycles. The number of fused-ring (bicyclic) bond motifs is 1. The lowest BCUT2D eigenvalue weighted by molar-refractivity contribution is 0.0932. The molecular formula is C21H19N5O3. The van der Waals surface area contributed by atoms with Crippen molar-refractivity contribution < 1.29 is 14.0 Å². The first-order valence-corrected chi connectivity index (χ1v) is 9.38. The molecule has 8 heteroatoms. The monoisotopic (exact) mass is 389 g/mol. The van der Waals surface area contributed by atoms with Gasteiger partial charge in [0, 0.05) is 6.54 Å². The van der Waals surface area contributed by atoms with Gasteiger partial charge >= 0.3 is 0 Å². The van der Waals surface area contributed by atoms with Crippen LogP contribution in [0.5, 0.6) is 0 Å². The molecule has 146 valence electrons. The Hall–Kier alpha value is -3.86. The van der Waals surface area contributed by atoms with E-state index in [4.69, 9.17) is 4.42 Å². The van der Waals surface area contributed by atoms with Gasteiger partial charge in [-0.3, -0.25) is 9.59 Å². The maximum absolute atomic E-state index is 12.9. The first kappa shape index (κ1) is 18.5. The van der Waals surface area contributed by atoms with Crippen molar-refractivity contribution >= 4 is 17.5 Å². The van der Waals surface area contributed by atoms with Crippen molar-refractivity contribution in [1.82, 2.24) is 14.9 Å². The van der Waals surface area contributed by atoms with Crippen molar-refractivity contribution in [3.8, 4) is 6.07 Å². The summed E-state index contributed by atoms with van der Waals surface area (Å²) in [5, 5.41) is 14.8. The fraction of sp³-hybridized carbons (Fsp3) is 0.238. The molecule has 1 aromatic carbocycles. The van der Waals surface area contributed by atoms with Gasteiger partial charge in [-0.1, -0.05) is 12.1 Å². The highest BCUT2D eigenvalue weighted by molar-refractivity contribution is 6.05. The second-order valence-corrected chi connectivity index (χ2v) is 6.71. The minimum Gasteiger partial charge on any atom is -0.467 e. The number of carbonyl (C=O) groups is 2. The zero-order chi connectivity index (χ0) is 20.2. The summed E-state index contributed by atoms with van der Waals surface area (Å²) in [5.41, 5.74) is 1.75. The second-order valence-electron chi connectivity index (χ2n) is 6.71. The van der Waals surface area contributed by atoms with E-state index >= 15 is 0 Å². The van der Waals surface area contributed by atoms with Gasteiger partial charge in [0.05, 0.1) is 29.8 Å². The molecular weight excluding hydrogens is 370 g/mol. The lowest BCUT2D eigenvalue weighted by Gasteiger charge is -2.17. The molecule has 0 saturated heterocycles. The Kier molecular flexibility index (Phi) is 5.12. The molecule has 0 bridgehead atoms. The number of nitrogens with one attached hydrogen (secondary N) is 2. The van der Waals surface area contributed by atoms with Gasteiger partial charge in [0.15, 0.2) is 11.5 Å². The average Bonchev–Trinajstić information content (AvgIpc) is 3.40. The lowest BCUT2D eigenvalue weighted by Crippen LogP contribution is -2.27. The van der Waals surface area contributed by atoms with E-state index in [0.29, 0.717) is 30.0 Å². The van der Waals surface area contributed by atoms with Crippen LogP contribution in [0, 0.1) is 11.3 Å². The number of nitriles is 1. The number of imidazole rings is 1. The maximum Gasteiger partial charge on any atom is 0.287 e. The molecule has 4 rings (SSSR count). The molecule has 8 nitrogen and oxygen atoms in total. The highest BCUT2D eigenvalue weighted by Crippen LogP contribution is 2.23. The minimum absolute atomic E-state index is 0.213. The van der Waals surface area contributed by atoms with Crippen LogP contribution in [0.2, 0.25) is 0 Å². The quantitative estimate of drug-likeness (QED) is 0.697. The van der Waals surface area contributed by atoms with E-state index < -0.39 is 5.91 Å². The number of anilines is 1. The number of aromatic nitrogens is 2. The van der Waals surface area contributed by atoms with Crippen LogP contribution < -0.4 is 10.6 Å². The standard InChI is InChI=1S/C21H19N5O3/c22-12-14-6-1-2-8-16(14)24-20(27)18-17-9-3-4-10-26(17)19(25-18)21(28)23-13-15-7-5-11-29-15/h1-2,5-8,11H,3-4,9-10,13H2,(H,23,28)(H,24,27). The number of furan rings is 1. The first-order chi connectivity index (χ1) is 14.2. The largest absolute Gasteiger partial charge is 0.467 e. The number of carbonyl (C=O) groups excluding carboxylic acids is 2. The first-order valence-electron chi connectivity index (χ1n) is 9.38. The zero-order valence-corrected chi connectivity index (χ0v) is 15.6. The van der Waals surface area contributed by atoms with Crippen LogP contribution in [0.4, 0.5) is 5.69 Å². The second kappa shape index (κ2) is 8.02. The molecule has 2 N–H and O–H groups in total. The Morgan fingerprint density at radius 1 is 1.17 bits per heavy atom. The van der Waals surface area contributed by atoms with Crippen LogP contribution in [-0.4, -0.2) is 21.4 Å². The Bertz CT molecular complexity index is 1090. The van der Waals surface area contributed by atoms with Gasteiger partial charge in [-0.2, -0.15) is 5.26 Å². The molecule has 2 aromatic heterocycles. The number of rotatable bonds is 5. The van der Waals surface area contributed by atoms with Gasteiger partial charge in [-0.25, -0.2) is 4.98 Å². The number of nitrogens with zero attached hydrogens (tertiary/aromatic N) is 3. The van der Waals surface area contributed by atoms with E-state index in [1.54, 1.807) is 42.7 Å². The van der Waals surface area contributed by atoms with E-state index in [9.17, 15) is 14.9 Å². The van der Waals surface area contributed by atoms with E-state index in [-0.39, 0.29) is 24.0 Å². The van der Waals surface area contributed by atoms with E-state index in [2.05, 4.69) is 21.7 Å². The highest BCUT2D eigenvalue weighted by atomic mass is 16.3. The SMILES string of the molecule is N#Cc1ccccc1NC(=O)c1nc(C(=O)NCc2ccco2)n2c1CCCC2. The molecule has 0 radical (unpaired) electrons. The predicted octanol–water partition coefficient (Wildman–Crippen LogP) is 2.87. The molecule has 2 amide bonds. The zero-order valence-electron chi connectivity index (χ0n) is 15.6. The van der Waals surface area contributed by atoms with E-state index in [1.165, 1.54) is 0 Å². The van der Waals surface area contributed by atoms with Crippen LogP contribution in [-0.2, 0) is 19.5 Å². The van der Waals surface area contributed by atoms with E-state index in [1.807, 2.05) is 4.57 Å². The number of amides is 2. The third-order valence-corrected chi connectivity index (χ3v) is 4.84. The number of benzene rings is 1. The summed E-state index contributed by atoms with van der Waals surface area (Å²) in [6, 6.07) is 12.3. The summed E-state index contributed by atoms with van der Waals surface area (Å²) < 4.78 is 7.04. The van der Waals surface area contributed by atoms with Gasteiger partial charge in [-0.15, -0.1) is 0 Å². The predicted molar refractivity (Wildman–Crippen MR) is 104 cm³/mol. The summed E-state index contributed by atoms with van der Waals surface area (Å²) in [6.07, 6.45) is 4.05. The van der Waals surface area contributed by atoms with Crippen LogP contribution in [0.1, 0.15) is 51.0 Å². The molecule has 0 fully saturated rings. The highest BCUT2D eigenvalue weighted by Gasteiger charge is 2.27. The van der Waals surface area contributed by atoms with Crippen molar-refractivity contribution in [3.05, 3.63) is 71.2 Å². The normalized spacial score (nSPS) is 12.7. The summed E-state index contributed by atoms with van der Waals surface area (Å²) in [4.78, 5) is 30.0. The fourth-order valence-corrected chi connectivity index (χ4v) is 3.43. The molecule has 1 aliphatic rings. The van der Waals surface area contributed by atoms with Crippen molar-refractivity contribution in [2.24, 2.45) is 0 Å². The molecule has 0 saturated carbocycles. The molecule has 0 atom stereocenters. The summed E-state index contributed by atoms with van der Waals surface area (Å²) in [6.45, 7) is 0.874. The third-order valence-electron chi connectivity index (χ3n) is 4.84. The fourth-order valence-electron chi connectivity index (χ4n) is 3.43. The number of hydrogen-bond acceptors (Lipinski definition) is 5. The van der Waals surface area contributed by atoms with Crippen molar-refractivity contribution in [3.63, 3.8) is 0 Å². The lowest BCUT2D eigenvalue weighted by atomic mass is 10.1. The number of para-hydroxylation sites is 1. The molecule has 3 heterocycles. The van der Waals surface area contributed by atoms with Gasteiger partial charge in [0.1, 0.15) is 11.8 Å². The van der Waals surface area contributed by atoms with Crippen LogP contribution in [0.25, 0.3) is 0 Å². The Balaban J connectivity index is 1.59. The van der Waals surface area contributed by atoms with Gasteiger partial charge in [-0.05, 0) is 43.5 Å². The van der Waals surface area contributed by atoms with Gasteiger partial charge < -0.3 is 19.6 Å². The maximum atomic E-state index is 12.9. The van der Waals surface area contributed by atoms with Gasteiger partial charge in [0.25, 0.3) is 11.8 Å². The van der Waals surface area contributed by atoms with E-state index in [0.717, 1.165) is 18.5 Å².